The summed E-state index contributed by atoms with van der Waals surface area (Å²) in [5, 5.41) is 3.03. The first kappa shape index (κ1) is 14.9. The molecule has 2 rings (SSSR count). The molecule has 0 saturated heterocycles. The summed E-state index contributed by atoms with van der Waals surface area (Å²) in [5.41, 5.74) is 1.68. The van der Waals surface area contributed by atoms with E-state index < -0.39 is 0 Å². The van der Waals surface area contributed by atoms with Crippen LogP contribution in [0.1, 0.15) is 23.5 Å². The molecule has 2 aromatic carbocycles. The van der Waals surface area contributed by atoms with E-state index in [4.69, 9.17) is 11.6 Å². The van der Waals surface area contributed by atoms with Crippen molar-refractivity contribution < 1.29 is 8.78 Å². The average Bonchev–Trinajstić information content (AvgIpc) is 2.43. The largest absolute Gasteiger partial charge is 0.304 e. The van der Waals surface area contributed by atoms with Crippen LogP contribution >= 0.6 is 11.6 Å². The molecule has 1 N–H and O–H groups in total. The molecule has 106 valence electrons. The summed E-state index contributed by atoms with van der Waals surface area (Å²) in [6, 6.07) is 13.2. The molecule has 0 heterocycles. The molecule has 20 heavy (non-hydrogen) atoms. The Kier molecular flexibility index (Phi) is 5.50. The summed E-state index contributed by atoms with van der Waals surface area (Å²) in [5.74, 6) is -0.625. The number of halogens is 3. The Balaban J connectivity index is 2.29. The normalized spacial score (nSPS) is 11.0. The van der Waals surface area contributed by atoms with E-state index in [1.165, 1.54) is 24.3 Å². The van der Waals surface area contributed by atoms with Gasteiger partial charge in [-0.1, -0.05) is 24.3 Å². The van der Waals surface area contributed by atoms with Crippen LogP contribution < -0.4 is 5.32 Å². The highest BCUT2D eigenvalue weighted by Gasteiger charge is 2.15. The van der Waals surface area contributed by atoms with Crippen LogP contribution in [0.25, 0.3) is 0 Å². The second-order valence-electron chi connectivity index (χ2n) is 4.58. The fourth-order valence-corrected chi connectivity index (χ4v) is 2.42. The Hall–Kier alpha value is -1.45. The lowest BCUT2D eigenvalue weighted by atomic mass is 9.88. The summed E-state index contributed by atoms with van der Waals surface area (Å²) in [7, 11) is 0. The van der Waals surface area contributed by atoms with Gasteiger partial charge in [0.15, 0.2) is 0 Å². The van der Waals surface area contributed by atoms with Crippen LogP contribution in [-0.2, 0) is 0 Å². The SMILES string of the molecule is Fc1cccc(C(CCNCCl)c2cccc(F)c2)c1. The first-order chi connectivity index (χ1) is 9.70. The Morgan fingerprint density at radius 3 is 1.95 bits per heavy atom. The Morgan fingerprint density at radius 2 is 1.50 bits per heavy atom. The van der Waals surface area contributed by atoms with Crippen molar-refractivity contribution in [3.05, 3.63) is 71.3 Å². The zero-order valence-corrected chi connectivity index (χ0v) is 11.7. The van der Waals surface area contributed by atoms with E-state index in [0.29, 0.717) is 12.5 Å². The number of nitrogens with one attached hydrogen (secondary N) is 1. The molecule has 0 bridgehead atoms. The van der Waals surface area contributed by atoms with Gasteiger partial charge in [-0.2, -0.15) is 0 Å². The molecule has 0 saturated carbocycles. The average molecular weight is 296 g/mol. The van der Waals surface area contributed by atoms with E-state index in [1.54, 1.807) is 12.1 Å². The summed E-state index contributed by atoms with van der Waals surface area (Å²) < 4.78 is 26.8. The lowest BCUT2D eigenvalue weighted by Gasteiger charge is -2.18. The molecular weight excluding hydrogens is 280 g/mol. The molecule has 0 radical (unpaired) electrons. The molecule has 4 heteroatoms. The van der Waals surface area contributed by atoms with Crippen LogP contribution in [-0.4, -0.2) is 12.5 Å². The first-order valence-corrected chi connectivity index (χ1v) is 7.02. The van der Waals surface area contributed by atoms with Gasteiger partial charge in [-0.3, -0.25) is 0 Å². The molecule has 0 atom stereocenters. The van der Waals surface area contributed by atoms with Crippen LogP contribution in [0.3, 0.4) is 0 Å². The van der Waals surface area contributed by atoms with Crippen LogP contribution in [0.15, 0.2) is 48.5 Å². The summed E-state index contributed by atoms with van der Waals surface area (Å²) in [6.07, 6.45) is 0.722. The van der Waals surface area contributed by atoms with Crippen molar-refractivity contribution in [3.63, 3.8) is 0 Å². The second kappa shape index (κ2) is 7.36. The monoisotopic (exact) mass is 295 g/mol. The van der Waals surface area contributed by atoms with Crippen LogP contribution in [0.2, 0.25) is 0 Å². The Morgan fingerprint density at radius 1 is 0.950 bits per heavy atom. The lowest BCUT2D eigenvalue weighted by Crippen LogP contribution is -2.16. The quantitative estimate of drug-likeness (QED) is 0.477. The van der Waals surface area contributed by atoms with Crippen molar-refractivity contribution in [1.29, 1.82) is 0 Å². The highest BCUT2D eigenvalue weighted by molar-refractivity contribution is 6.17. The number of alkyl halides is 1. The van der Waals surface area contributed by atoms with Crippen molar-refractivity contribution in [2.24, 2.45) is 0 Å². The first-order valence-electron chi connectivity index (χ1n) is 6.48. The maximum atomic E-state index is 13.4. The van der Waals surface area contributed by atoms with Gasteiger partial charge in [0.25, 0.3) is 0 Å². The third-order valence-electron chi connectivity index (χ3n) is 3.21. The Labute approximate surface area is 122 Å². The minimum atomic E-state index is -0.283. The minimum absolute atomic E-state index is 0.0582. The molecule has 0 fully saturated rings. The van der Waals surface area contributed by atoms with Crippen molar-refractivity contribution in [2.45, 2.75) is 12.3 Å². The third-order valence-corrected chi connectivity index (χ3v) is 3.40. The van der Waals surface area contributed by atoms with E-state index in [9.17, 15) is 8.78 Å². The van der Waals surface area contributed by atoms with E-state index >= 15 is 0 Å². The molecular formula is C16H16ClF2N. The fraction of sp³-hybridized carbons (Fsp3) is 0.250. The molecule has 0 unspecified atom stereocenters. The van der Waals surface area contributed by atoms with Crippen molar-refractivity contribution >= 4 is 11.6 Å². The topological polar surface area (TPSA) is 12.0 Å². The number of rotatable bonds is 6. The van der Waals surface area contributed by atoms with E-state index in [2.05, 4.69) is 5.32 Å². The second-order valence-corrected chi connectivity index (χ2v) is 4.85. The van der Waals surface area contributed by atoms with Crippen LogP contribution in [0, 0.1) is 11.6 Å². The number of hydrogen-bond acceptors (Lipinski definition) is 1. The molecule has 0 aliphatic heterocycles. The number of benzene rings is 2. The molecule has 1 nitrogen and oxygen atoms in total. The van der Waals surface area contributed by atoms with Gasteiger partial charge in [0, 0.05) is 5.92 Å². The molecule has 0 aromatic heterocycles. The maximum absolute atomic E-state index is 13.4. The van der Waals surface area contributed by atoms with Gasteiger partial charge in [-0.05, 0) is 48.4 Å². The van der Waals surface area contributed by atoms with Crippen molar-refractivity contribution in [2.75, 3.05) is 12.5 Å². The van der Waals surface area contributed by atoms with Crippen LogP contribution in [0.5, 0.6) is 0 Å². The number of hydrogen-bond donors (Lipinski definition) is 1. The summed E-state index contributed by atoms with van der Waals surface area (Å²) >= 11 is 5.60. The Bertz CT molecular complexity index is 514. The summed E-state index contributed by atoms with van der Waals surface area (Å²) in [6.45, 7) is 0.682. The standard InChI is InChI=1S/C16H16ClF2N/c17-11-20-8-7-16(12-3-1-5-14(18)9-12)13-4-2-6-15(19)10-13/h1-6,9-10,16,20H,7-8,11H2. The summed E-state index contributed by atoms with van der Waals surface area (Å²) in [4.78, 5) is 0. The molecule has 0 aliphatic rings. The highest BCUT2D eigenvalue weighted by atomic mass is 35.5. The lowest BCUT2D eigenvalue weighted by molar-refractivity contribution is 0.606. The third kappa shape index (κ3) is 4.02. The van der Waals surface area contributed by atoms with Gasteiger partial charge in [-0.15, -0.1) is 11.6 Å². The van der Waals surface area contributed by atoms with Gasteiger partial charge in [-0.25, -0.2) is 8.78 Å². The fourth-order valence-electron chi connectivity index (χ4n) is 2.29. The van der Waals surface area contributed by atoms with E-state index in [-0.39, 0.29) is 17.6 Å². The van der Waals surface area contributed by atoms with Gasteiger partial charge in [0.1, 0.15) is 11.6 Å². The smallest absolute Gasteiger partial charge is 0.123 e. The van der Waals surface area contributed by atoms with Crippen molar-refractivity contribution in [3.8, 4) is 0 Å². The predicted molar refractivity (Wildman–Crippen MR) is 78.0 cm³/mol. The van der Waals surface area contributed by atoms with E-state index in [1.807, 2.05) is 12.1 Å². The zero-order valence-electron chi connectivity index (χ0n) is 11.0. The predicted octanol–water partition coefficient (Wildman–Crippen LogP) is 4.27. The van der Waals surface area contributed by atoms with Gasteiger partial charge >= 0.3 is 0 Å². The zero-order chi connectivity index (χ0) is 14.4. The van der Waals surface area contributed by atoms with Gasteiger partial charge in [0.05, 0.1) is 6.00 Å². The molecule has 0 aliphatic carbocycles. The van der Waals surface area contributed by atoms with Gasteiger partial charge in [0.2, 0.25) is 0 Å². The van der Waals surface area contributed by atoms with Crippen LogP contribution in [0.4, 0.5) is 8.78 Å². The highest BCUT2D eigenvalue weighted by Crippen LogP contribution is 2.28. The van der Waals surface area contributed by atoms with Gasteiger partial charge < -0.3 is 5.32 Å². The molecule has 0 spiro atoms. The van der Waals surface area contributed by atoms with E-state index in [0.717, 1.165) is 17.5 Å². The maximum Gasteiger partial charge on any atom is 0.123 e. The van der Waals surface area contributed by atoms with Crippen molar-refractivity contribution in [1.82, 2.24) is 5.32 Å². The molecule has 2 aromatic rings. The minimum Gasteiger partial charge on any atom is -0.304 e. The molecule has 0 amide bonds.